The largest absolute Gasteiger partial charge is 0.0651 e. The summed E-state index contributed by atoms with van der Waals surface area (Å²) in [7, 11) is 0. The molecule has 0 radical (unpaired) electrons. The quantitative estimate of drug-likeness (QED) is 0.529. The van der Waals surface area contributed by atoms with Crippen LogP contribution in [0, 0.1) is 5.92 Å². The Hall–Kier alpha value is -1.56. The predicted molar refractivity (Wildman–Crippen MR) is 109 cm³/mol. The van der Waals surface area contributed by atoms with Gasteiger partial charge in [0.2, 0.25) is 0 Å². The molecule has 0 spiro atoms. The third kappa shape index (κ3) is 3.68. The molecular formula is C25H34. The Kier molecular flexibility index (Phi) is 5.99. The zero-order valence-corrected chi connectivity index (χ0v) is 16.4. The highest BCUT2D eigenvalue weighted by atomic mass is 14.4. The van der Waals surface area contributed by atoms with Crippen molar-refractivity contribution in [2.24, 2.45) is 5.92 Å². The lowest BCUT2D eigenvalue weighted by Crippen LogP contribution is -2.34. The maximum atomic E-state index is 2.43. The van der Waals surface area contributed by atoms with E-state index in [1.807, 2.05) is 0 Å². The minimum atomic E-state index is 0.226. The van der Waals surface area contributed by atoms with Crippen LogP contribution in [0.5, 0.6) is 0 Å². The molecule has 0 atom stereocenters. The van der Waals surface area contributed by atoms with Crippen molar-refractivity contribution in [3.63, 3.8) is 0 Å². The van der Waals surface area contributed by atoms with Crippen LogP contribution in [0.4, 0.5) is 0 Å². The molecule has 0 heterocycles. The second kappa shape index (κ2) is 8.21. The first-order valence-corrected chi connectivity index (χ1v) is 10.4. The van der Waals surface area contributed by atoms with Crippen LogP contribution in [0.15, 0.2) is 48.5 Å². The average molecular weight is 335 g/mol. The SMILES string of the molecule is CCCc1ccccc1C1(c2ccccc2CCC)CCC(C)CC1. The minimum absolute atomic E-state index is 0.226. The molecule has 1 aliphatic carbocycles. The minimum Gasteiger partial charge on any atom is -0.0651 e. The molecule has 3 rings (SSSR count). The lowest BCUT2D eigenvalue weighted by atomic mass is 9.61. The lowest BCUT2D eigenvalue weighted by molar-refractivity contribution is 0.278. The van der Waals surface area contributed by atoms with Crippen molar-refractivity contribution in [3.05, 3.63) is 70.8 Å². The second-order valence-electron chi connectivity index (χ2n) is 8.08. The van der Waals surface area contributed by atoms with Gasteiger partial charge >= 0.3 is 0 Å². The number of aryl methyl sites for hydroxylation is 2. The van der Waals surface area contributed by atoms with Crippen molar-refractivity contribution in [3.8, 4) is 0 Å². The molecule has 0 aliphatic heterocycles. The Labute approximate surface area is 154 Å². The summed E-state index contributed by atoms with van der Waals surface area (Å²) in [5.74, 6) is 0.866. The van der Waals surface area contributed by atoms with E-state index in [9.17, 15) is 0 Å². The third-order valence-corrected chi connectivity index (χ3v) is 6.23. The van der Waals surface area contributed by atoms with Crippen molar-refractivity contribution in [1.82, 2.24) is 0 Å². The number of benzene rings is 2. The number of rotatable bonds is 6. The highest BCUT2D eigenvalue weighted by molar-refractivity contribution is 5.47. The lowest BCUT2D eigenvalue weighted by Gasteiger charge is -2.43. The summed E-state index contributed by atoms with van der Waals surface area (Å²) >= 11 is 0. The van der Waals surface area contributed by atoms with Crippen LogP contribution < -0.4 is 0 Å². The van der Waals surface area contributed by atoms with Crippen LogP contribution in [0.1, 0.15) is 81.5 Å². The monoisotopic (exact) mass is 334 g/mol. The van der Waals surface area contributed by atoms with E-state index in [2.05, 4.69) is 69.3 Å². The maximum Gasteiger partial charge on any atom is 0.0208 e. The van der Waals surface area contributed by atoms with Gasteiger partial charge < -0.3 is 0 Å². The topological polar surface area (TPSA) is 0 Å². The molecule has 0 unspecified atom stereocenters. The van der Waals surface area contributed by atoms with Gasteiger partial charge in [-0.2, -0.15) is 0 Å². The van der Waals surface area contributed by atoms with Crippen molar-refractivity contribution in [2.75, 3.05) is 0 Å². The van der Waals surface area contributed by atoms with Gasteiger partial charge in [-0.1, -0.05) is 82.1 Å². The van der Waals surface area contributed by atoms with Gasteiger partial charge in [0.25, 0.3) is 0 Å². The fourth-order valence-electron chi connectivity index (χ4n) is 4.89. The average Bonchev–Trinajstić information content (AvgIpc) is 2.64. The summed E-state index contributed by atoms with van der Waals surface area (Å²) in [6.45, 7) is 7.04. The second-order valence-corrected chi connectivity index (χ2v) is 8.08. The Morgan fingerprint density at radius 1 is 0.760 bits per heavy atom. The highest BCUT2D eigenvalue weighted by Crippen LogP contribution is 2.48. The fraction of sp³-hybridized carbons (Fsp3) is 0.520. The van der Waals surface area contributed by atoms with Crippen LogP contribution in [0.2, 0.25) is 0 Å². The van der Waals surface area contributed by atoms with Crippen molar-refractivity contribution in [2.45, 2.75) is 77.6 Å². The Morgan fingerprint density at radius 3 is 1.64 bits per heavy atom. The van der Waals surface area contributed by atoms with E-state index >= 15 is 0 Å². The molecule has 1 saturated carbocycles. The van der Waals surface area contributed by atoms with Gasteiger partial charge in [0.1, 0.15) is 0 Å². The van der Waals surface area contributed by atoms with Crippen molar-refractivity contribution < 1.29 is 0 Å². The Bertz CT molecular complexity index is 622. The van der Waals surface area contributed by atoms with E-state index in [1.54, 1.807) is 22.3 Å². The van der Waals surface area contributed by atoms with Crippen molar-refractivity contribution in [1.29, 1.82) is 0 Å². The molecule has 1 fully saturated rings. The Balaban J connectivity index is 2.16. The zero-order chi connectivity index (χ0) is 17.7. The summed E-state index contributed by atoms with van der Waals surface area (Å²) < 4.78 is 0. The fourth-order valence-corrected chi connectivity index (χ4v) is 4.89. The molecule has 0 nitrogen and oxygen atoms in total. The van der Waals surface area contributed by atoms with Gasteiger partial charge in [0.15, 0.2) is 0 Å². The van der Waals surface area contributed by atoms with Crippen LogP contribution in [-0.2, 0) is 18.3 Å². The molecule has 0 saturated heterocycles. The van der Waals surface area contributed by atoms with E-state index in [4.69, 9.17) is 0 Å². The van der Waals surface area contributed by atoms with Gasteiger partial charge in [-0.3, -0.25) is 0 Å². The summed E-state index contributed by atoms with van der Waals surface area (Å²) in [6, 6.07) is 18.6. The molecule has 0 amide bonds. The normalized spacial score (nSPS) is 17.6. The van der Waals surface area contributed by atoms with E-state index in [-0.39, 0.29) is 5.41 Å². The molecule has 2 aromatic carbocycles. The first-order chi connectivity index (χ1) is 12.2. The van der Waals surface area contributed by atoms with Crippen LogP contribution in [0.25, 0.3) is 0 Å². The molecule has 0 aromatic heterocycles. The summed E-state index contributed by atoms with van der Waals surface area (Å²) in [5.41, 5.74) is 6.61. The van der Waals surface area contributed by atoms with Gasteiger partial charge in [0, 0.05) is 5.41 Å². The first-order valence-electron chi connectivity index (χ1n) is 10.4. The number of hydrogen-bond donors (Lipinski definition) is 0. The van der Waals surface area contributed by atoms with Gasteiger partial charge in [-0.25, -0.2) is 0 Å². The molecule has 1 aliphatic rings. The van der Waals surface area contributed by atoms with E-state index < -0.39 is 0 Å². The number of hydrogen-bond acceptors (Lipinski definition) is 0. The molecule has 0 N–H and O–H groups in total. The third-order valence-electron chi connectivity index (χ3n) is 6.23. The predicted octanol–water partition coefficient (Wildman–Crippen LogP) is 7.09. The van der Waals surface area contributed by atoms with Gasteiger partial charge in [-0.05, 0) is 66.7 Å². The molecule has 0 heteroatoms. The smallest absolute Gasteiger partial charge is 0.0208 e. The van der Waals surface area contributed by atoms with Crippen LogP contribution >= 0.6 is 0 Å². The zero-order valence-electron chi connectivity index (χ0n) is 16.4. The summed E-state index contributed by atoms with van der Waals surface area (Å²) in [4.78, 5) is 0. The van der Waals surface area contributed by atoms with E-state index in [0.717, 1.165) is 5.92 Å². The van der Waals surface area contributed by atoms with Crippen LogP contribution in [-0.4, -0.2) is 0 Å². The molecule has 25 heavy (non-hydrogen) atoms. The summed E-state index contributed by atoms with van der Waals surface area (Å²) in [6.07, 6.45) is 10.1. The maximum absolute atomic E-state index is 2.43. The van der Waals surface area contributed by atoms with Crippen LogP contribution in [0.3, 0.4) is 0 Å². The highest BCUT2D eigenvalue weighted by Gasteiger charge is 2.39. The van der Waals surface area contributed by atoms with Gasteiger partial charge in [0.05, 0.1) is 0 Å². The molecule has 0 bridgehead atoms. The van der Waals surface area contributed by atoms with Crippen molar-refractivity contribution >= 4 is 0 Å². The molecular weight excluding hydrogens is 300 g/mol. The first kappa shape index (κ1) is 18.2. The van der Waals surface area contributed by atoms with E-state index in [1.165, 1.54) is 51.4 Å². The van der Waals surface area contributed by atoms with E-state index in [0.29, 0.717) is 0 Å². The Morgan fingerprint density at radius 2 is 1.20 bits per heavy atom. The standard InChI is InChI=1S/C25H34/c1-4-10-21-12-6-8-14-23(21)25(18-16-20(3)17-19-25)24-15-9-7-13-22(24)11-5-2/h6-9,12-15,20H,4-5,10-11,16-19H2,1-3H3. The molecule has 2 aromatic rings. The molecule has 134 valence electrons. The van der Waals surface area contributed by atoms with Gasteiger partial charge in [-0.15, -0.1) is 0 Å². The summed E-state index contributed by atoms with van der Waals surface area (Å²) in [5, 5.41) is 0.